The van der Waals surface area contributed by atoms with Gasteiger partial charge in [-0.15, -0.1) is 0 Å². The van der Waals surface area contributed by atoms with Crippen molar-refractivity contribution in [3.05, 3.63) is 57.6 Å². The Kier molecular flexibility index (Phi) is 4.88. The zero-order valence-electron chi connectivity index (χ0n) is 13.2. The van der Waals surface area contributed by atoms with Crippen molar-refractivity contribution >= 4 is 0 Å². The Morgan fingerprint density at radius 3 is 1.52 bits per heavy atom. The van der Waals surface area contributed by atoms with Crippen molar-refractivity contribution in [1.82, 2.24) is 0 Å². The molecule has 0 aliphatic carbocycles. The molecule has 0 aromatic heterocycles. The first kappa shape index (κ1) is 16.4. The SMILES string of the molecule is Cc1cc(C#N)cc(CCCc2cc(C#N)cc(C)c2O)c1O. The van der Waals surface area contributed by atoms with Crippen molar-refractivity contribution in [2.75, 3.05) is 0 Å². The number of benzene rings is 2. The van der Waals surface area contributed by atoms with E-state index in [1.165, 1.54) is 0 Å². The van der Waals surface area contributed by atoms with E-state index in [2.05, 4.69) is 12.1 Å². The Hall–Kier alpha value is -2.98. The fourth-order valence-electron chi connectivity index (χ4n) is 2.68. The summed E-state index contributed by atoms with van der Waals surface area (Å²) in [6.07, 6.45) is 1.89. The summed E-state index contributed by atoms with van der Waals surface area (Å²) in [6, 6.07) is 10.9. The highest BCUT2D eigenvalue weighted by atomic mass is 16.3. The Morgan fingerprint density at radius 1 is 0.783 bits per heavy atom. The van der Waals surface area contributed by atoms with Gasteiger partial charge in [0.25, 0.3) is 0 Å². The van der Waals surface area contributed by atoms with Gasteiger partial charge in [0, 0.05) is 0 Å². The zero-order chi connectivity index (χ0) is 17.0. The topological polar surface area (TPSA) is 88.0 Å². The van der Waals surface area contributed by atoms with Crippen LogP contribution in [0.5, 0.6) is 11.5 Å². The Bertz CT molecular complexity index is 757. The first-order chi connectivity index (χ1) is 11.0. The second kappa shape index (κ2) is 6.85. The van der Waals surface area contributed by atoms with Crippen LogP contribution in [0.15, 0.2) is 24.3 Å². The van der Waals surface area contributed by atoms with Crippen LogP contribution in [0.4, 0.5) is 0 Å². The number of phenolic OH excluding ortho intramolecular Hbond substituents is 2. The van der Waals surface area contributed by atoms with E-state index in [0.717, 1.165) is 11.1 Å². The van der Waals surface area contributed by atoms with Gasteiger partial charge in [-0.3, -0.25) is 0 Å². The molecule has 0 fully saturated rings. The fourth-order valence-corrected chi connectivity index (χ4v) is 2.68. The average molecular weight is 306 g/mol. The third-order valence-electron chi connectivity index (χ3n) is 3.91. The van der Waals surface area contributed by atoms with E-state index in [4.69, 9.17) is 10.5 Å². The van der Waals surface area contributed by atoms with Crippen molar-refractivity contribution in [2.45, 2.75) is 33.1 Å². The van der Waals surface area contributed by atoms with Crippen LogP contribution in [0, 0.1) is 36.5 Å². The molecule has 0 saturated heterocycles. The summed E-state index contributed by atoms with van der Waals surface area (Å²) in [5, 5.41) is 38.2. The molecule has 2 rings (SSSR count). The van der Waals surface area contributed by atoms with Crippen molar-refractivity contribution in [3.8, 4) is 23.6 Å². The van der Waals surface area contributed by atoms with Gasteiger partial charge < -0.3 is 10.2 Å². The Labute approximate surface area is 135 Å². The average Bonchev–Trinajstić information content (AvgIpc) is 2.54. The first-order valence-electron chi connectivity index (χ1n) is 7.41. The number of hydrogen-bond donors (Lipinski definition) is 2. The zero-order valence-corrected chi connectivity index (χ0v) is 13.2. The van der Waals surface area contributed by atoms with Crippen LogP contribution in [0.25, 0.3) is 0 Å². The molecule has 23 heavy (non-hydrogen) atoms. The highest BCUT2D eigenvalue weighted by molar-refractivity contribution is 5.48. The maximum absolute atomic E-state index is 10.1. The minimum absolute atomic E-state index is 0.218. The molecular weight excluding hydrogens is 288 g/mol. The minimum atomic E-state index is 0.218. The van der Waals surface area contributed by atoms with E-state index in [9.17, 15) is 10.2 Å². The van der Waals surface area contributed by atoms with Crippen LogP contribution < -0.4 is 0 Å². The lowest BCUT2D eigenvalue weighted by Gasteiger charge is -2.10. The van der Waals surface area contributed by atoms with Crippen molar-refractivity contribution in [2.24, 2.45) is 0 Å². The largest absolute Gasteiger partial charge is 0.507 e. The number of hydrogen-bond acceptors (Lipinski definition) is 4. The normalized spacial score (nSPS) is 10.1. The molecule has 0 heterocycles. The van der Waals surface area contributed by atoms with E-state index < -0.39 is 0 Å². The second-order valence-corrected chi connectivity index (χ2v) is 5.68. The summed E-state index contributed by atoms with van der Waals surface area (Å²) in [5.41, 5.74) is 3.89. The molecule has 0 radical (unpaired) electrons. The molecule has 0 atom stereocenters. The molecule has 0 unspecified atom stereocenters. The lowest BCUT2D eigenvalue weighted by Crippen LogP contribution is -1.95. The van der Waals surface area contributed by atoms with Gasteiger partial charge in [-0.2, -0.15) is 10.5 Å². The smallest absolute Gasteiger partial charge is 0.121 e. The van der Waals surface area contributed by atoms with E-state index in [1.54, 1.807) is 38.1 Å². The first-order valence-corrected chi connectivity index (χ1v) is 7.41. The number of aryl methyl sites for hydroxylation is 4. The van der Waals surface area contributed by atoms with Gasteiger partial charge in [0.15, 0.2) is 0 Å². The molecule has 0 amide bonds. The van der Waals surface area contributed by atoms with Gasteiger partial charge in [-0.1, -0.05) is 0 Å². The molecule has 4 nitrogen and oxygen atoms in total. The maximum Gasteiger partial charge on any atom is 0.121 e. The number of phenols is 2. The summed E-state index contributed by atoms with van der Waals surface area (Å²) in [7, 11) is 0. The molecular formula is C19H18N2O2. The number of rotatable bonds is 4. The van der Waals surface area contributed by atoms with Crippen LogP contribution in [0.1, 0.15) is 39.8 Å². The molecule has 2 aromatic rings. The van der Waals surface area contributed by atoms with E-state index >= 15 is 0 Å². The molecule has 4 heteroatoms. The summed E-state index contributed by atoms with van der Waals surface area (Å²) in [4.78, 5) is 0. The van der Waals surface area contributed by atoms with E-state index in [-0.39, 0.29) is 11.5 Å². The minimum Gasteiger partial charge on any atom is -0.507 e. The molecule has 0 saturated carbocycles. The lowest BCUT2D eigenvalue weighted by molar-refractivity contribution is 0.459. The van der Waals surface area contributed by atoms with Gasteiger partial charge in [0.05, 0.1) is 23.3 Å². The van der Waals surface area contributed by atoms with Crippen molar-refractivity contribution in [1.29, 1.82) is 10.5 Å². The third kappa shape index (κ3) is 3.62. The van der Waals surface area contributed by atoms with Crippen LogP contribution in [-0.2, 0) is 12.8 Å². The number of nitriles is 2. The molecule has 0 bridgehead atoms. The van der Waals surface area contributed by atoms with E-state index in [0.29, 0.717) is 41.5 Å². The standard InChI is InChI=1S/C19H18N2O2/c1-12-6-14(10-20)8-16(18(12)22)4-3-5-17-9-15(11-21)7-13(2)19(17)23/h6-9,22-23H,3-5H2,1-2H3. The predicted octanol–water partition coefficient (Wildman–Crippen LogP) is 3.63. The predicted molar refractivity (Wildman–Crippen MR) is 87.1 cm³/mol. The third-order valence-corrected chi connectivity index (χ3v) is 3.91. The molecule has 0 aliphatic heterocycles. The molecule has 2 N–H and O–H groups in total. The number of aromatic hydroxyl groups is 2. The van der Waals surface area contributed by atoms with Crippen LogP contribution in [0.2, 0.25) is 0 Å². The lowest BCUT2D eigenvalue weighted by atomic mass is 9.97. The van der Waals surface area contributed by atoms with E-state index in [1.807, 2.05) is 0 Å². The van der Waals surface area contributed by atoms with Gasteiger partial charge in [-0.05, 0) is 79.6 Å². The van der Waals surface area contributed by atoms with Gasteiger partial charge >= 0.3 is 0 Å². The van der Waals surface area contributed by atoms with Crippen molar-refractivity contribution in [3.63, 3.8) is 0 Å². The van der Waals surface area contributed by atoms with Gasteiger partial charge in [0.1, 0.15) is 11.5 Å². The summed E-state index contributed by atoms with van der Waals surface area (Å²) in [6.45, 7) is 3.54. The number of nitrogens with zero attached hydrogens (tertiary/aromatic N) is 2. The molecule has 116 valence electrons. The molecule has 0 aliphatic rings. The Balaban J connectivity index is 2.15. The summed E-state index contributed by atoms with van der Waals surface area (Å²) >= 11 is 0. The fraction of sp³-hybridized carbons (Fsp3) is 0.263. The second-order valence-electron chi connectivity index (χ2n) is 5.68. The summed E-state index contributed by atoms with van der Waals surface area (Å²) in [5.74, 6) is 0.436. The monoisotopic (exact) mass is 306 g/mol. The molecule has 0 spiro atoms. The van der Waals surface area contributed by atoms with Crippen molar-refractivity contribution < 1.29 is 10.2 Å². The molecule has 2 aromatic carbocycles. The van der Waals surface area contributed by atoms with Crippen LogP contribution in [-0.4, -0.2) is 10.2 Å². The van der Waals surface area contributed by atoms with Gasteiger partial charge in [0.2, 0.25) is 0 Å². The Morgan fingerprint density at radius 2 is 1.17 bits per heavy atom. The van der Waals surface area contributed by atoms with Crippen LogP contribution in [0.3, 0.4) is 0 Å². The maximum atomic E-state index is 10.1. The van der Waals surface area contributed by atoms with Gasteiger partial charge in [-0.25, -0.2) is 0 Å². The quantitative estimate of drug-likeness (QED) is 0.902. The highest BCUT2D eigenvalue weighted by Crippen LogP contribution is 2.28. The highest BCUT2D eigenvalue weighted by Gasteiger charge is 2.10. The van der Waals surface area contributed by atoms with Crippen LogP contribution >= 0.6 is 0 Å². The summed E-state index contributed by atoms with van der Waals surface area (Å²) < 4.78 is 0.